The summed E-state index contributed by atoms with van der Waals surface area (Å²) in [5.41, 5.74) is 0. The summed E-state index contributed by atoms with van der Waals surface area (Å²) in [6, 6.07) is 0. The largest absolute Gasteiger partial charge is 0.870 e. The second-order valence-corrected chi connectivity index (χ2v) is 3.92. The number of aryl methyl sites for hydroxylation is 2. The fourth-order valence-corrected chi connectivity index (χ4v) is 1.77. The Morgan fingerprint density at radius 2 is 1.82 bits per heavy atom. The van der Waals surface area contributed by atoms with Crippen molar-refractivity contribution in [1.29, 1.82) is 0 Å². The smallest absolute Gasteiger partial charge is 0.253 e. The maximum atomic E-state index is 5.05. The van der Waals surface area contributed by atoms with Gasteiger partial charge in [0.25, 0.3) is 5.82 Å². The molecule has 0 aliphatic carbocycles. The van der Waals surface area contributed by atoms with Crippen molar-refractivity contribution in [1.82, 2.24) is 4.57 Å². The number of aromatic nitrogens is 2. The van der Waals surface area contributed by atoms with Crippen LogP contribution in [0.5, 0.6) is 0 Å². The summed E-state index contributed by atoms with van der Waals surface area (Å²) in [6.07, 6.45) is 6.39. The average molecular weight is 244 g/mol. The highest BCUT2D eigenvalue weighted by Crippen LogP contribution is 1.97. The van der Waals surface area contributed by atoms with Gasteiger partial charge in [0.2, 0.25) is 0 Å². The highest BCUT2D eigenvalue weighted by Gasteiger charge is 2.10. The van der Waals surface area contributed by atoms with Crippen LogP contribution in [0.15, 0.2) is 12.4 Å². The van der Waals surface area contributed by atoms with Crippen molar-refractivity contribution in [3.63, 3.8) is 0 Å². The van der Waals surface area contributed by atoms with Gasteiger partial charge in [-0.3, -0.25) is 0 Å². The number of hydrogen-bond donors (Lipinski definition) is 0. The number of imidazole rings is 1. The van der Waals surface area contributed by atoms with Crippen LogP contribution in [-0.4, -0.2) is 37.5 Å². The van der Waals surface area contributed by atoms with Gasteiger partial charge in [-0.15, -0.1) is 0 Å². The third-order valence-corrected chi connectivity index (χ3v) is 2.75. The summed E-state index contributed by atoms with van der Waals surface area (Å²) in [6.45, 7) is 5.84. The Balaban J connectivity index is 0.00000256. The molecule has 0 saturated carbocycles. The minimum Gasteiger partial charge on any atom is -0.870 e. The zero-order valence-electron chi connectivity index (χ0n) is 11.1. The van der Waals surface area contributed by atoms with E-state index >= 15 is 0 Å². The molecule has 1 N–H and O–H groups in total. The van der Waals surface area contributed by atoms with Crippen molar-refractivity contribution in [2.75, 3.05) is 27.4 Å². The predicted molar refractivity (Wildman–Crippen MR) is 64.3 cm³/mol. The molecule has 0 saturated heterocycles. The zero-order valence-corrected chi connectivity index (χ0v) is 11.1. The van der Waals surface area contributed by atoms with E-state index in [2.05, 4.69) is 28.5 Å². The highest BCUT2D eigenvalue weighted by molar-refractivity contribution is 4.79. The maximum absolute atomic E-state index is 5.05. The highest BCUT2D eigenvalue weighted by atomic mass is 16.5. The van der Waals surface area contributed by atoms with E-state index in [4.69, 9.17) is 9.47 Å². The fraction of sp³-hybridized carbons (Fsp3) is 0.750. The summed E-state index contributed by atoms with van der Waals surface area (Å²) in [5, 5.41) is 0. The lowest BCUT2D eigenvalue weighted by Gasteiger charge is -2.01. The van der Waals surface area contributed by atoms with Crippen LogP contribution < -0.4 is 4.57 Å². The van der Waals surface area contributed by atoms with E-state index in [1.807, 2.05) is 0 Å². The van der Waals surface area contributed by atoms with E-state index in [-0.39, 0.29) is 5.48 Å². The second kappa shape index (κ2) is 9.15. The van der Waals surface area contributed by atoms with Gasteiger partial charge in [-0.05, 0) is 0 Å². The monoisotopic (exact) mass is 244 g/mol. The average Bonchev–Trinajstić information content (AvgIpc) is 2.62. The van der Waals surface area contributed by atoms with Gasteiger partial charge in [0.05, 0.1) is 13.1 Å². The summed E-state index contributed by atoms with van der Waals surface area (Å²) >= 11 is 0. The molecule has 0 amide bonds. The minimum atomic E-state index is 0. The molecule has 0 radical (unpaired) electrons. The van der Waals surface area contributed by atoms with E-state index < -0.39 is 0 Å². The SMILES string of the molecule is COCCCn1cc[n+](CCCOC)c1C.[OH-]. The van der Waals surface area contributed by atoms with Gasteiger partial charge in [-0.1, -0.05) is 0 Å². The third-order valence-electron chi connectivity index (χ3n) is 2.75. The molecule has 0 unspecified atom stereocenters. The molecule has 1 aromatic rings. The molecule has 0 atom stereocenters. The van der Waals surface area contributed by atoms with E-state index in [0.29, 0.717) is 0 Å². The van der Waals surface area contributed by atoms with Gasteiger partial charge < -0.3 is 14.9 Å². The van der Waals surface area contributed by atoms with Gasteiger partial charge in [0.15, 0.2) is 0 Å². The molecule has 0 fully saturated rings. The minimum absolute atomic E-state index is 0. The zero-order chi connectivity index (χ0) is 11.8. The second-order valence-electron chi connectivity index (χ2n) is 3.92. The summed E-state index contributed by atoms with van der Waals surface area (Å²) in [7, 11) is 3.49. The van der Waals surface area contributed by atoms with E-state index in [1.165, 1.54) is 5.82 Å². The number of nitrogens with zero attached hydrogens (tertiary/aromatic N) is 2. The topological polar surface area (TPSA) is 57.3 Å². The van der Waals surface area contributed by atoms with E-state index in [0.717, 1.165) is 39.1 Å². The van der Waals surface area contributed by atoms with Gasteiger partial charge in [-0.2, -0.15) is 0 Å². The van der Waals surface area contributed by atoms with Crippen LogP contribution in [0.4, 0.5) is 0 Å². The first-order chi connectivity index (χ1) is 7.79. The predicted octanol–water partition coefficient (Wildman–Crippen LogP) is 0.980. The Morgan fingerprint density at radius 3 is 2.47 bits per heavy atom. The first-order valence-corrected chi connectivity index (χ1v) is 5.82. The molecule has 1 heterocycles. The van der Waals surface area contributed by atoms with Crippen LogP contribution in [0.2, 0.25) is 0 Å². The molecule has 5 nitrogen and oxygen atoms in total. The van der Waals surface area contributed by atoms with E-state index in [1.54, 1.807) is 14.2 Å². The van der Waals surface area contributed by atoms with Crippen LogP contribution in [0.1, 0.15) is 18.7 Å². The first-order valence-electron chi connectivity index (χ1n) is 5.82. The van der Waals surface area contributed by atoms with Crippen molar-refractivity contribution >= 4 is 0 Å². The molecule has 0 bridgehead atoms. The van der Waals surface area contributed by atoms with Gasteiger partial charge in [0.1, 0.15) is 12.4 Å². The number of methoxy groups -OCH3 is 2. The fourth-order valence-electron chi connectivity index (χ4n) is 1.77. The molecule has 0 aliphatic rings. The molecule has 0 aromatic carbocycles. The first kappa shape index (κ1) is 16.1. The Kier molecular flexibility index (Phi) is 8.66. The lowest BCUT2D eigenvalue weighted by molar-refractivity contribution is -0.703. The van der Waals surface area contributed by atoms with E-state index in [9.17, 15) is 0 Å². The number of hydrogen-bond acceptors (Lipinski definition) is 3. The van der Waals surface area contributed by atoms with Crippen molar-refractivity contribution in [2.24, 2.45) is 0 Å². The Bertz CT molecular complexity index is 272. The Morgan fingerprint density at radius 1 is 1.18 bits per heavy atom. The van der Waals surface area contributed by atoms with Gasteiger partial charge in [-0.25, -0.2) is 9.13 Å². The quantitative estimate of drug-likeness (QED) is 0.506. The molecular formula is C12H24N2O3. The number of ether oxygens (including phenoxy) is 2. The Hall–Kier alpha value is -0.910. The van der Waals surface area contributed by atoms with Crippen LogP contribution >= 0.6 is 0 Å². The summed E-state index contributed by atoms with van der Waals surface area (Å²) in [4.78, 5) is 0. The molecule has 17 heavy (non-hydrogen) atoms. The summed E-state index contributed by atoms with van der Waals surface area (Å²) in [5.74, 6) is 1.30. The van der Waals surface area contributed by atoms with Gasteiger partial charge >= 0.3 is 0 Å². The van der Waals surface area contributed by atoms with Gasteiger partial charge in [0, 0.05) is 47.2 Å². The molecule has 1 rings (SSSR count). The third kappa shape index (κ3) is 5.30. The molecular weight excluding hydrogens is 220 g/mol. The standard InChI is InChI=1S/C12H23N2O2.H2O/c1-12-13(6-4-10-15-2)8-9-14(12)7-5-11-16-3;/h8-9H,4-7,10-11H2,1-3H3;1H2/q+1;/p-1. The Labute approximate surface area is 103 Å². The maximum Gasteiger partial charge on any atom is 0.253 e. The molecule has 100 valence electrons. The van der Waals surface area contributed by atoms with Crippen LogP contribution in [0.3, 0.4) is 0 Å². The lowest BCUT2D eigenvalue weighted by Crippen LogP contribution is -2.36. The van der Waals surface area contributed by atoms with Crippen molar-refractivity contribution in [3.05, 3.63) is 18.2 Å². The van der Waals surface area contributed by atoms with Crippen molar-refractivity contribution < 1.29 is 19.5 Å². The van der Waals surface area contributed by atoms with Crippen LogP contribution in [0, 0.1) is 6.92 Å². The van der Waals surface area contributed by atoms with Crippen LogP contribution in [-0.2, 0) is 22.6 Å². The lowest BCUT2D eigenvalue weighted by atomic mass is 10.4. The molecule has 5 heteroatoms. The van der Waals surface area contributed by atoms with Crippen LogP contribution in [0.25, 0.3) is 0 Å². The normalized spacial score (nSPS) is 10.3. The molecule has 0 aliphatic heterocycles. The summed E-state index contributed by atoms with van der Waals surface area (Å²) < 4.78 is 14.6. The van der Waals surface area contributed by atoms with Crippen molar-refractivity contribution in [3.8, 4) is 0 Å². The number of rotatable bonds is 8. The van der Waals surface area contributed by atoms with Crippen molar-refractivity contribution in [2.45, 2.75) is 32.9 Å². The molecule has 1 aromatic heterocycles. The molecule has 0 spiro atoms.